The van der Waals surface area contributed by atoms with Crippen LogP contribution in [-0.2, 0) is 4.84 Å². The van der Waals surface area contributed by atoms with Crippen LogP contribution >= 0.6 is 0 Å². The number of nitrogens with zero attached hydrogens (tertiary/aromatic N) is 2. The standard InChI is InChI=1S/C13H12N2O5/c16-11-9-3-1-2-4-10(9)12(17)15(11)20-8-5-6-14(7-8)13(18)19/h1-4,8H,5-7H2,(H,18,19). The number of amides is 3. The highest BCUT2D eigenvalue weighted by atomic mass is 16.7. The van der Waals surface area contributed by atoms with Crippen molar-refractivity contribution in [1.82, 2.24) is 9.96 Å². The Morgan fingerprint density at radius 3 is 2.30 bits per heavy atom. The second kappa shape index (κ2) is 4.61. The molecule has 1 fully saturated rings. The van der Waals surface area contributed by atoms with Gasteiger partial charge in [0.1, 0.15) is 6.10 Å². The summed E-state index contributed by atoms with van der Waals surface area (Å²) in [6.45, 7) is 0.492. The lowest BCUT2D eigenvalue weighted by atomic mass is 10.1. The van der Waals surface area contributed by atoms with Gasteiger partial charge in [-0.2, -0.15) is 0 Å². The van der Waals surface area contributed by atoms with Crippen molar-refractivity contribution < 1.29 is 24.3 Å². The van der Waals surface area contributed by atoms with Crippen LogP contribution in [0.4, 0.5) is 4.79 Å². The van der Waals surface area contributed by atoms with E-state index in [1.807, 2.05) is 0 Å². The summed E-state index contributed by atoms with van der Waals surface area (Å²) >= 11 is 0. The summed E-state index contributed by atoms with van der Waals surface area (Å²) in [6.07, 6.45) is -1.05. The van der Waals surface area contributed by atoms with E-state index in [0.717, 1.165) is 5.06 Å². The number of hydrogen-bond donors (Lipinski definition) is 1. The highest BCUT2D eigenvalue weighted by Gasteiger charge is 2.39. The number of benzene rings is 1. The van der Waals surface area contributed by atoms with Crippen LogP contribution in [0.15, 0.2) is 24.3 Å². The van der Waals surface area contributed by atoms with Crippen molar-refractivity contribution in [3.63, 3.8) is 0 Å². The second-order valence-corrected chi connectivity index (χ2v) is 4.69. The molecular formula is C13H12N2O5. The first-order valence-electron chi connectivity index (χ1n) is 6.20. The molecule has 104 valence electrons. The van der Waals surface area contributed by atoms with Crippen LogP contribution in [0.2, 0.25) is 0 Å². The predicted octanol–water partition coefficient (Wildman–Crippen LogP) is 0.966. The summed E-state index contributed by atoms with van der Waals surface area (Å²) in [5, 5.41) is 9.60. The molecule has 0 saturated carbocycles. The van der Waals surface area contributed by atoms with Crippen molar-refractivity contribution in [1.29, 1.82) is 0 Å². The van der Waals surface area contributed by atoms with Gasteiger partial charge in [-0.15, -0.1) is 5.06 Å². The van der Waals surface area contributed by atoms with Crippen LogP contribution in [-0.4, -0.2) is 52.2 Å². The van der Waals surface area contributed by atoms with Gasteiger partial charge in [-0.05, 0) is 18.6 Å². The maximum atomic E-state index is 12.1. The van der Waals surface area contributed by atoms with E-state index in [9.17, 15) is 14.4 Å². The van der Waals surface area contributed by atoms with Crippen LogP contribution in [0.3, 0.4) is 0 Å². The quantitative estimate of drug-likeness (QED) is 0.813. The van der Waals surface area contributed by atoms with Gasteiger partial charge in [0.2, 0.25) is 0 Å². The average molecular weight is 276 g/mol. The summed E-state index contributed by atoms with van der Waals surface area (Å²) in [6, 6.07) is 6.48. The van der Waals surface area contributed by atoms with Crippen LogP contribution < -0.4 is 0 Å². The topological polar surface area (TPSA) is 87.2 Å². The molecule has 7 heteroatoms. The van der Waals surface area contributed by atoms with E-state index in [4.69, 9.17) is 9.94 Å². The molecule has 0 spiro atoms. The molecule has 1 aromatic carbocycles. The first-order valence-corrected chi connectivity index (χ1v) is 6.20. The molecule has 1 N–H and O–H groups in total. The lowest BCUT2D eigenvalue weighted by Gasteiger charge is -2.18. The predicted molar refractivity (Wildman–Crippen MR) is 66.0 cm³/mol. The lowest BCUT2D eigenvalue weighted by molar-refractivity contribution is -0.127. The summed E-state index contributed by atoms with van der Waals surface area (Å²) in [4.78, 5) is 41.5. The van der Waals surface area contributed by atoms with Gasteiger partial charge in [0, 0.05) is 6.54 Å². The van der Waals surface area contributed by atoms with E-state index < -0.39 is 24.0 Å². The van der Waals surface area contributed by atoms with Gasteiger partial charge in [0.25, 0.3) is 11.8 Å². The molecule has 20 heavy (non-hydrogen) atoms. The van der Waals surface area contributed by atoms with E-state index in [-0.39, 0.29) is 6.54 Å². The minimum absolute atomic E-state index is 0.155. The maximum absolute atomic E-state index is 12.1. The molecule has 3 rings (SSSR count). The number of imide groups is 1. The van der Waals surface area contributed by atoms with Gasteiger partial charge in [0.05, 0.1) is 17.7 Å². The molecule has 7 nitrogen and oxygen atoms in total. The highest BCUT2D eigenvalue weighted by molar-refractivity contribution is 6.20. The molecule has 0 bridgehead atoms. The van der Waals surface area contributed by atoms with Gasteiger partial charge in [-0.1, -0.05) is 12.1 Å². The Hall–Kier alpha value is -2.41. The zero-order valence-corrected chi connectivity index (χ0v) is 10.5. The van der Waals surface area contributed by atoms with Crippen molar-refractivity contribution in [2.24, 2.45) is 0 Å². The fraction of sp³-hybridized carbons (Fsp3) is 0.308. The summed E-state index contributed by atoms with van der Waals surface area (Å²) in [5.41, 5.74) is 0.621. The van der Waals surface area contributed by atoms with Crippen LogP contribution in [0.5, 0.6) is 0 Å². The number of hydroxylamine groups is 2. The Bertz CT molecular complexity index is 565. The molecule has 1 aromatic rings. The molecule has 3 amide bonds. The largest absolute Gasteiger partial charge is 0.465 e. The fourth-order valence-corrected chi connectivity index (χ4v) is 2.40. The number of carboxylic acid groups (broad SMARTS) is 1. The second-order valence-electron chi connectivity index (χ2n) is 4.69. The third kappa shape index (κ3) is 1.92. The minimum Gasteiger partial charge on any atom is -0.465 e. The number of fused-ring (bicyclic) bond motifs is 1. The van der Waals surface area contributed by atoms with Crippen molar-refractivity contribution in [3.05, 3.63) is 35.4 Å². The molecule has 1 saturated heterocycles. The molecule has 2 aliphatic rings. The number of carbonyl (C=O) groups is 3. The third-order valence-electron chi connectivity index (χ3n) is 3.43. The molecule has 1 atom stereocenters. The average Bonchev–Trinajstić information content (AvgIpc) is 3.00. The first kappa shape index (κ1) is 12.6. The molecular weight excluding hydrogens is 264 g/mol. The molecule has 2 aliphatic heterocycles. The highest BCUT2D eigenvalue weighted by Crippen LogP contribution is 2.25. The zero-order chi connectivity index (χ0) is 14.3. The van der Waals surface area contributed by atoms with Crippen LogP contribution in [0.1, 0.15) is 27.1 Å². The molecule has 1 unspecified atom stereocenters. The van der Waals surface area contributed by atoms with E-state index in [2.05, 4.69) is 0 Å². The number of hydrogen-bond acceptors (Lipinski definition) is 4. The van der Waals surface area contributed by atoms with Crippen molar-refractivity contribution >= 4 is 17.9 Å². The molecule has 0 aromatic heterocycles. The zero-order valence-electron chi connectivity index (χ0n) is 10.5. The van der Waals surface area contributed by atoms with E-state index in [1.165, 1.54) is 4.90 Å². The van der Waals surface area contributed by atoms with Gasteiger partial charge in [-0.25, -0.2) is 4.79 Å². The number of rotatable bonds is 2. The van der Waals surface area contributed by atoms with Gasteiger partial charge >= 0.3 is 6.09 Å². The first-order chi connectivity index (χ1) is 9.58. The fourth-order valence-electron chi connectivity index (χ4n) is 2.40. The Kier molecular flexibility index (Phi) is 2.90. The number of carbonyl (C=O) groups excluding carboxylic acids is 2. The number of likely N-dealkylation sites (tertiary alicyclic amines) is 1. The minimum atomic E-state index is -1.03. The lowest BCUT2D eigenvalue weighted by Crippen LogP contribution is -2.36. The smallest absolute Gasteiger partial charge is 0.407 e. The Labute approximate surface area is 114 Å². The monoisotopic (exact) mass is 276 g/mol. The van der Waals surface area contributed by atoms with Crippen molar-refractivity contribution in [3.8, 4) is 0 Å². The Balaban J connectivity index is 1.73. The molecule has 2 heterocycles. The van der Waals surface area contributed by atoms with E-state index in [0.29, 0.717) is 24.1 Å². The summed E-state index contributed by atoms with van der Waals surface area (Å²) in [5.74, 6) is -1.00. The SMILES string of the molecule is O=C(O)N1CCC(ON2C(=O)c3ccccc3C2=O)C1. The van der Waals surface area contributed by atoms with Crippen LogP contribution in [0.25, 0.3) is 0 Å². The van der Waals surface area contributed by atoms with Crippen molar-refractivity contribution in [2.45, 2.75) is 12.5 Å². The molecule has 0 radical (unpaired) electrons. The molecule has 0 aliphatic carbocycles. The van der Waals surface area contributed by atoms with Gasteiger partial charge < -0.3 is 10.0 Å². The Morgan fingerprint density at radius 2 is 1.80 bits per heavy atom. The van der Waals surface area contributed by atoms with Gasteiger partial charge in [0.15, 0.2) is 0 Å². The Morgan fingerprint density at radius 1 is 1.20 bits per heavy atom. The third-order valence-corrected chi connectivity index (χ3v) is 3.43. The normalized spacial score (nSPS) is 21.5. The maximum Gasteiger partial charge on any atom is 0.407 e. The van der Waals surface area contributed by atoms with E-state index in [1.54, 1.807) is 24.3 Å². The van der Waals surface area contributed by atoms with Gasteiger partial charge in [-0.3, -0.25) is 14.4 Å². The van der Waals surface area contributed by atoms with Crippen LogP contribution in [0, 0.1) is 0 Å². The van der Waals surface area contributed by atoms with Crippen molar-refractivity contribution in [2.75, 3.05) is 13.1 Å². The van der Waals surface area contributed by atoms with E-state index >= 15 is 0 Å². The summed E-state index contributed by atoms with van der Waals surface area (Å²) < 4.78 is 0. The summed E-state index contributed by atoms with van der Waals surface area (Å²) in [7, 11) is 0.